The fraction of sp³-hybridized carbons (Fsp3) is 0.100. The van der Waals surface area contributed by atoms with Gasteiger partial charge in [-0.25, -0.2) is 4.79 Å². The van der Waals surface area contributed by atoms with Crippen LogP contribution in [0.15, 0.2) is 75.3 Å². The summed E-state index contributed by atoms with van der Waals surface area (Å²) >= 11 is 0. The van der Waals surface area contributed by atoms with Crippen LogP contribution in [0.25, 0.3) is 11.0 Å². The predicted molar refractivity (Wildman–Crippen MR) is 92.8 cm³/mol. The van der Waals surface area contributed by atoms with Crippen LogP contribution in [-0.2, 0) is 6.42 Å². The SMILES string of the molecule is N#CC1=C(N)Oc2c(c(=O)oc3ccccc23)[C@H]1Cc1ccccc1. The van der Waals surface area contributed by atoms with E-state index < -0.39 is 11.5 Å². The van der Waals surface area contributed by atoms with Crippen LogP contribution in [0.4, 0.5) is 0 Å². The Kier molecular flexibility index (Phi) is 3.51. The number of allylic oxidation sites excluding steroid dienone is 1. The summed E-state index contributed by atoms with van der Waals surface area (Å²) in [5.41, 5.74) is 7.50. The van der Waals surface area contributed by atoms with Crippen molar-refractivity contribution in [2.75, 3.05) is 0 Å². The van der Waals surface area contributed by atoms with Crippen LogP contribution in [0.5, 0.6) is 5.75 Å². The fourth-order valence-corrected chi connectivity index (χ4v) is 3.21. The third-order valence-electron chi connectivity index (χ3n) is 4.38. The van der Waals surface area contributed by atoms with Crippen molar-refractivity contribution in [1.82, 2.24) is 0 Å². The van der Waals surface area contributed by atoms with Gasteiger partial charge in [0, 0.05) is 5.92 Å². The number of nitriles is 1. The lowest BCUT2D eigenvalue weighted by Crippen LogP contribution is -2.26. The van der Waals surface area contributed by atoms with Crippen molar-refractivity contribution in [3.8, 4) is 11.8 Å². The maximum Gasteiger partial charge on any atom is 0.343 e. The van der Waals surface area contributed by atoms with E-state index >= 15 is 0 Å². The second kappa shape index (κ2) is 5.84. The Hall–Kier alpha value is -3.52. The lowest BCUT2D eigenvalue weighted by atomic mass is 9.84. The summed E-state index contributed by atoms with van der Waals surface area (Å²) in [6.45, 7) is 0. The number of hydrogen-bond donors (Lipinski definition) is 1. The van der Waals surface area contributed by atoms with Crippen LogP contribution in [0.2, 0.25) is 0 Å². The molecule has 122 valence electrons. The first-order valence-electron chi connectivity index (χ1n) is 7.86. The Morgan fingerprint density at radius 2 is 1.80 bits per heavy atom. The van der Waals surface area contributed by atoms with E-state index in [0.717, 1.165) is 5.56 Å². The van der Waals surface area contributed by atoms with E-state index in [0.29, 0.717) is 28.7 Å². The Labute approximate surface area is 143 Å². The summed E-state index contributed by atoms with van der Waals surface area (Å²) in [6.07, 6.45) is 0.462. The van der Waals surface area contributed by atoms with Crippen molar-refractivity contribution in [1.29, 1.82) is 5.26 Å². The van der Waals surface area contributed by atoms with Gasteiger partial charge in [0.05, 0.1) is 16.5 Å². The molecule has 2 aromatic carbocycles. The molecule has 1 aliphatic heterocycles. The highest BCUT2D eigenvalue weighted by Crippen LogP contribution is 2.41. The lowest BCUT2D eigenvalue weighted by Gasteiger charge is -2.25. The quantitative estimate of drug-likeness (QED) is 0.729. The molecule has 0 saturated carbocycles. The number of ether oxygens (including phenoxy) is 1. The first kappa shape index (κ1) is 15.0. The van der Waals surface area contributed by atoms with Crippen molar-refractivity contribution in [2.24, 2.45) is 5.73 Å². The number of para-hydroxylation sites is 1. The molecule has 0 bridgehead atoms. The van der Waals surface area contributed by atoms with Crippen molar-refractivity contribution in [3.05, 3.63) is 87.6 Å². The second-order valence-corrected chi connectivity index (χ2v) is 5.86. The van der Waals surface area contributed by atoms with E-state index in [4.69, 9.17) is 14.9 Å². The number of hydrogen-bond acceptors (Lipinski definition) is 5. The lowest BCUT2D eigenvalue weighted by molar-refractivity contribution is 0.381. The van der Waals surface area contributed by atoms with E-state index in [9.17, 15) is 10.1 Å². The van der Waals surface area contributed by atoms with Crippen molar-refractivity contribution < 1.29 is 9.15 Å². The van der Waals surface area contributed by atoms with Gasteiger partial charge < -0.3 is 14.9 Å². The summed E-state index contributed by atoms with van der Waals surface area (Å²) < 4.78 is 11.1. The zero-order valence-electron chi connectivity index (χ0n) is 13.2. The highest BCUT2D eigenvalue weighted by atomic mass is 16.5. The van der Waals surface area contributed by atoms with Crippen LogP contribution < -0.4 is 16.1 Å². The van der Waals surface area contributed by atoms with Crippen LogP contribution in [-0.4, -0.2) is 0 Å². The number of nitrogens with two attached hydrogens (primary N) is 1. The number of benzene rings is 2. The number of rotatable bonds is 2. The minimum absolute atomic E-state index is 0.0340. The fourth-order valence-electron chi connectivity index (χ4n) is 3.21. The molecule has 25 heavy (non-hydrogen) atoms. The molecule has 0 fully saturated rings. The van der Waals surface area contributed by atoms with Gasteiger partial charge >= 0.3 is 5.63 Å². The molecule has 0 saturated heterocycles. The standard InChI is InChI=1S/C20H14N2O3/c21-11-15-14(10-12-6-2-1-3-7-12)17-18(25-19(15)22)13-8-4-5-9-16(13)24-20(17)23/h1-9,14H,10,22H2/t14-/m0/s1. The van der Waals surface area contributed by atoms with Gasteiger partial charge in [-0.3, -0.25) is 0 Å². The Balaban J connectivity index is 1.96. The topological polar surface area (TPSA) is 89.3 Å². The molecule has 0 radical (unpaired) electrons. The van der Waals surface area contributed by atoms with E-state index in [1.54, 1.807) is 18.2 Å². The van der Waals surface area contributed by atoms with Crippen molar-refractivity contribution in [2.45, 2.75) is 12.3 Å². The Morgan fingerprint density at radius 3 is 2.56 bits per heavy atom. The minimum atomic E-state index is -0.505. The number of fused-ring (bicyclic) bond motifs is 3. The van der Waals surface area contributed by atoms with Gasteiger partial charge in [-0.1, -0.05) is 42.5 Å². The number of nitrogens with zero attached hydrogens (tertiary/aromatic N) is 1. The van der Waals surface area contributed by atoms with Crippen molar-refractivity contribution >= 4 is 11.0 Å². The predicted octanol–water partition coefficient (Wildman–Crippen LogP) is 3.21. The third kappa shape index (κ3) is 2.45. The highest BCUT2D eigenvalue weighted by molar-refractivity contribution is 5.85. The first-order valence-corrected chi connectivity index (χ1v) is 7.86. The molecular weight excluding hydrogens is 316 g/mol. The van der Waals surface area contributed by atoms with E-state index in [-0.39, 0.29) is 11.5 Å². The third-order valence-corrected chi connectivity index (χ3v) is 4.38. The molecule has 2 heterocycles. The molecule has 1 aromatic heterocycles. The molecule has 0 unspecified atom stereocenters. The Morgan fingerprint density at radius 1 is 1.08 bits per heavy atom. The molecule has 1 aliphatic rings. The van der Waals surface area contributed by atoms with Gasteiger partial charge in [0.15, 0.2) is 5.75 Å². The van der Waals surface area contributed by atoms with E-state index in [1.165, 1.54) is 0 Å². The molecule has 5 nitrogen and oxygen atoms in total. The molecule has 3 aromatic rings. The average Bonchev–Trinajstić information content (AvgIpc) is 2.62. The summed E-state index contributed by atoms with van der Waals surface area (Å²) in [5, 5.41) is 10.2. The monoisotopic (exact) mass is 330 g/mol. The molecule has 2 N–H and O–H groups in total. The van der Waals surface area contributed by atoms with Gasteiger partial charge in [0.25, 0.3) is 0 Å². The van der Waals surface area contributed by atoms with Gasteiger partial charge in [0.2, 0.25) is 5.88 Å². The summed E-state index contributed by atoms with van der Waals surface area (Å²) in [4.78, 5) is 12.6. The first-order chi connectivity index (χ1) is 12.2. The Bertz CT molecular complexity index is 1090. The molecule has 0 aliphatic carbocycles. The van der Waals surface area contributed by atoms with Crippen LogP contribution in [0, 0.1) is 11.3 Å². The maximum atomic E-state index is 12.6. The summed E-state index contributed by atoms with van der Waals surface area (Å²) in [5.74, 6) is -0.0898. The van der Waals surface area contributed by atoms with Gasteiger partial charge in [-0.15, -0.1) is 0 Å². The van der Waals surface area contributed by atoms with Crippen LogP contribution >= 0.6 is 0 Å². The van der Waals surface area contributed by atoms with Crippen LogP contribution in [0.1, 0.15) is 17.0 Å². The largest absolute Gasteiger partial charge is 0.439 e. The molecule has 0 amide bonds. The van der Waals surface area contributed by atoms with E-state index in [2.05, 4.69) is 6.07 Å². The average molecular weight is 330 g/mol. The smallest absolute Gasteiger partial charge is 0.343 e. The maximum absolute atomic E-state index is 12.6. The normalized spacial score (nSPS) is 16.2. The van der Waals surface area contributed by atoms with E-state index in [1.807, 2.05) is 36.4 Å². The van der Waals surface area contributed by atoms with Crippen molar-refractivity contribution in [3.63, 3.8) is 0 Å². The van der Waals surface area contributed by atoms with Gasteiger partial charge in [0.1, 0.15) is 11.7 Å². The summed E-state index contributed by atoms with van der Waals surface area (Å²) in [7, 11) is 0. The minimum Gasteiger partial charge on any atom is -0.439 e. The second-order valence-electron chi connectivity index (χ2n) is 5.86. The molecule has 5 heteroatoms. The molecule has 4 rings (SSSR count). The van der Waals surface area contributed by atoms with Gasteiger partial charge in [-0.05, 0) is 24.1 Å². The molecule has 1 atom stereocenters. The summed E-state index contributed by atoms with van der Waals surface area (Å²) in [6, 6.07) is 18.8. The highest BCUT2D eigenvalue weighted by Gasteiger charge is 2.34. The molecule has 0 spiro atoms. The van der Waals surface area contributed by atoms with Gasteiger partial charge in [-0.2, -0.15) is 5.26 Å². The molecular formula is C20H14N2O3. The van der Waals surface area contributed by atoms with Crippen LogP contribution in [0.3, 0.4) is 0 Å². The zero-order valence-corrected chi connectivity index (χ0v) is 13.2. The zero-order chi connectivity index (χ0) is 17.4.